The molecule has 5 nitrogen and oxygen atoms in total. The molecule has 16 heavy (non-hydrogen) atoms. The third kappa shape index (κ3) is 2.43. The molecule has 0 amide bonds. The maximum absolute atomic E-state index is 11.0. The van der Waals surface area contributed by atoms with Gasteiger partial charge in [-0.15, -0.1) is 0 Å². The Kier molecular flexibility index (Phi) is 3.73. The molecule has 0 aliphatic heterocycles. The van der Waals surface area contributed by atoms with E-state index in [-0.39, 0.29) is 17.1 Å². The van der Waals surface area contributed by atoms with Gasteiger partial charge in [-0.25, -0.2) is 4.79 Å². The highest BCUT2D eigenvalue weighted by atomic mass is 16.5. The summed E-state index contributed by atoms with van der Waals surface area (Å²) < 4.78 is 4.94. The average Bonchev–Trinajstić information content (AvgIpc) is 2.19. The topological polar surface area (TPSA) is 70.0 Å². The molecule has 0 radical (unpaired) electrons. The number of aromatic carboxylic acids is 1. The number of ether oxygens (including phenoxy) is 1. The van der Waals surface area contributed by atoms with Crippen LogP contribution in [-0.4, -0.2) is 42.3 Å². The fourth-order valence-electron chi connectivity index (χ4n) is 1.46. The van der Waals surface area contributed by atoms with Crippen LogP contribution in [0.2, 0.25) is 0 Å². The molecule has 5 heteroatoms. The van der Waals surface area contributed by atoms with E-state index in [2.05, 4.69) is 0 Å². The van der Waals surface area contributed by atoms with Crippen molar-refractivity contribution in [2.75, 3.05) is 21.2 Å². The first kappa shape index (κ1) is 12.3. The summed E-state index contributed by atoms with van der Waals surface area (Å²) in [5.74, 6) is -0.896. The third-order valence-electron chi connectivity index (χ3n) is 2.17. The molecule has 0 fully saturated rings. The van der Waals surface area contributed by atoms with E-state index in [0.717, 1.165) is 0 Å². The van der Waals surface area contributed by atoms with Crippen LogP contribution < -0.4 is 4.74 Å². The van der Waals surface area contributed by atoms with Crippen LogP contribution in [0.4, 0.5) is 0 Å². The second-order valence-electron chi connectivity index (χ2n) is 3.69. The third-order valence-corrected chi connectivity index (χ3v) is 2.17. The summed E-state index contributed by atoms with van der Waals surface area (Å²) in [6.07, 6.45) is 0. The number of nitrogens with zero attached hydrogens (tertiary/aromatic N) is 1. The molecule has 2 N–H and O–H groups in total. The molecule has 88 valence electrons. The van der Waals surface area contributed by atoms with Gasteiger partial charge in [-0.05, 0) is 26.2 Å². The summed E-state index contributed by atoms with van der Waals surface area (Å²) >= 11 is 0. The number of methoxy groups -OCH3 is 1. The number of carbonyl (C=O) groups is 1. The van der Waals surface area contributed by atoms with E-state index in [1.165, 1.54) is 19.2 Å². The molecule has 0 unspecified atom stereocenters. The van der Waals surface area contributed by atoms with Gasteiger partial charge in [0.05, 0.1) is 12.7 Å². The van der Waals surface area contributed by atoms with E-state index in [1.54, 1.807) is 19.0 Å². The number of benzene rings is 1. The van der Waals surface area contributed by atoms with E-state index >= 15 is 0 Å². The predicted molar refractivity (Wildman–Crippen MR) is 59.0 cm³/mol. The van der Waals surface area contributed by atoms with Crippen molar-refractivity contribution in [2.24, 2.45) is 0 Å². The first-order valence-corrected chi connectivity index (χ1v) is 4.74. The fraction of sp³-hybridized carbons (Fsp3) is 0.364. The van der Waals surface area contributed by atoms with Crippen LogP contribution in [0.5, 0.6) is 11.5 Å². The van der Waals surface area contributed by atoms with E-state index in [1.807, 2.05) is 0 Å². The summed E-state index contributed by atoms with van der Waals surface area (Å²) in [7, 11) is 5.02. The lowest BCUT2D eigenvalue weighted by atomic mass is 10.1. The normalized spacial score (nSPS) is 10.5. The molecule has 0 aromatic heterocycles. The highest BCUT2D eigenvalue weighted by Gasteiger charge is 2.18. The zero-order valence-electron chi connectivity index (χ0n) is 9.52. The number of phenols is 1. The number of carboxylic acids is 1. The Labute approximate surface area is 93.9 Å². The van der Waals surface area contributed by atoms with Crippen LogP contribution in [0, 0.1) is 0 Å². The van der Waals surface area contributed by atoms with Gasteiger partial charge < -0.3 is 19.8 Å². The van der Waals surface area contributed by atoms with E-state index in [4.69, 9.17) is 9.84 Å². The van der Waals surface area contributed by atoms with Crippen LogP contribution in [0.15, 0.2) is 12.1 Å². The Hall–Kier alpha value is -1.75. The maximum atomic E-state index is 11.0. The van der Waals surface area contributed by atoms with Crippen molar-refractivity contribution in [3.05, 3.63) is 23.3 Å². The van der Waals surface area contributed by atoms with E-state index < -0.39 is 5.97 Å². The van der Waals surface area contributed by atoms with Crippen LogP contribution in [-0.2, 0) is 6.54 Å². The van der Waals surface area contributed by atoms with Gasteiger partial charge in [0.2, 0.25) is 0 Å². The fourth-order valence-corrected chi connectivity index (χ4v) is 1.46. The summed E-state index contributed by atoms with van der Waals surface area (Å²) in [5, 5.41) is 18.8. The Morgan fingerprint density at radius 3 is 2.50 bits per heavy atom. The summed E-state index contributed by atoms with van der Waals surface area (Å²) in [4.78, 5) is 12.8. The standard InChI is InChI=1S/C11H15NO4/c1-12(2)6-8-7(11(14)15)4-5-9(16-3)10(8)13/h4-5,13H,6H2,1-3H3,(H,14,15). The van der Waals surface area contributed by atoms with E-state index in [0.29, 0.717) is 12.1 Å². The largest absolute Gasteiger partial charge is 0.504 e. The van der Waals surface area contributed by atoms with Crippen LogP contribution in [0.3, 0.4) is 0 Å². The smallest absolute Gasteiger partial charge is 0.336 e. The van der Waals surface area contributed by atoms with Gasteiger partial charge in [0.25, 0.3) is 0 Å². The lowest BCUT2D eigenvalue weighted by Gasteiger charge is -2.15. The highest BCUT2D eigenvalue weighted by Crippen LogP contribution is 2.32. The minimum Gasteiger partial charge on any atom is -0.504 e. The molecule has 0 aliphatic carbocycles. The molecule has 0 aliphatic rings. The Balaban J connectivity index is 3.30. The number of hydrogen-bond acceptors (Lipinski definition) is 4. The Bertz CT molecular complexity index is 401. The molecule has 0 bridgehead atoms. The number of phenolic OH excluding ortho intramolecular Hbond substituents is 1. The van der Waals surface area contributed by atoms with Gasteiger partial charge in [-0.2, -0.15) is 0 Å². The molecule has 1 aromatic rings. The van der Waals surface area contributed by atoms with E-state index in [9.17, 15) is 9.90 Å². The predicted octanol–water partition coefficient (Wildman–Crippen LogP) is 1.16. The van der Waals surface area contributed by atoms with Crippen LogP contribution in [0.25, 0.3) is 0 Å². The van der Waals surface area contributed by atoms with Crippen molar-refractivity contribution in [3.8, 4) is 11.5 Å². The molecule has 1 rings (SSSR count). The quantitative estimate of drug-likeness (QED) is 0.804. The van der Waals surface area contributed by atoms with Crippen molar-refractivity contribution < 1.29 is 19.7 Å². The minimum atomic E-state index is -1.06. The zero-order chi connectivity index (χ0) is 12.3. The summed E-state index contributed by atoms with van der Waals surface area (Å²) in [5.41, 5.74) is 0.448. The number of rotatable bonds is 4. The highest BCUT2D eigenvalue weighted by molar-refractivity contribution is 5.90. The Morgan fingerprint density at radius 1 is 1.44 bits per heavy atom. The zero-order valence-corrected chi connectivity index (χ0v) is 9.52. The summed E-state index contributed by atoms with van der Waals surface area (Å²) in [6.45, 7) is 0.338. The minimum absolute atomic E-state index is 0.0898. The molecule has 0 spiro atoms. The average molecular weight is 225 g/mol. The second-order valence-corrected chi connectivity index (χ2v) is 3.69. The van der Waals surface area contributed by atoms with Crippen molar-refractivity contribution in [2.45, 2.75) is 6.54 Å². The number of aromatic hydroxyl groups is 1. The van der Waals surface area contributed by atoms with Crippen molar-refractivity contribution in [1.29, 1.82) is 0 Å². The van der Waals surface area contributed by atoms with Crippen molar-refractivity contribution in [1.82, 2.24) is 4.90 Å². The van der Waals surface area contributed by atoms with Gasteiger partial charge in [0.1, 0.15) is 0 Å². The van der Waals surface area contributed by atoms with Gasteiger partial charge in [-0.1, -0.05) is 0 Å². The van der Waals surface area contributed by atoms with Crippen LogP contribution in [0.1, 0.15) is 15.9 Å². The van der Waals surface area contributed by atoms with Crippen molar-refractivity contribution >= 4 is 5.97 Å². The van der Waals surface area contributed by atoms with Gasteiger partial charge >= 0.3 is 5.97 Å². The first-order valence-electron chi connectivity index (χ1n) is 4.74. The number of hydrogen-bond donors (Lipinski definition) is 2. The molecule has 1 aromatic carbocycles. The first-order chi connectivity index (χ1) is 7.47. The monoisotopic (exact) mass is 225 g/mol. The maximum Gasteiger partial charge on any atom is 0.336 e. The van der Waals surface area contributed by atoms with Gasteiger partial charge in [-0.3, -0.25) is 0 Å². The lowest BCUT2D eigenvalue weighted by molar-refractivity contribution is 0.0694. The van der Waals surface area contributed by atoms with Crippen molar-refractivity contribution in [3.63, 3.8) is 0 Å². The summed E-state index contributed by atoms with van der Waals surface area (Å²) in [6, 6.07) is 2.87. The van der Waals surface area contributed by atoms with Gasteiger partial charge in [0, 0.05) is 12.1 Å². The Morgan fingerprint density at radius 2 is 2.06 bits per heavy atom. The SMILES string of the molecule is COc1ccc(C(=O)O)c(CN(C)C)c1O. The molecular formula is C11H15NO4. The molecule has 0 atom stereocenters. The molecule has 0 saturated carbocycles. The molecule has 0 heterocycles. The van der Waals surface area contributed by atoms with Gasteiger partial charge in [0.15, 0.2) is 11.5 Å². The number of carboxylic acid groups (broad SMARTS) is 1. The molecule has 0 saturated heterocycles. The second kappa shape index (κ2) is 4.85. The van der Waals surface area contributed by atoms with Crippen LogP contribution >= 0.6 is 0 Å². The molecular weight excluding hydrogens is 210 g/mol. The lowest BCUT2D eigenvalue weighted by Crippen LogP contribution is -2.14.